The number of aliphatic hydroxyl groups is 2. The van der Waals surface area contributed by atoms with Gasteiger partial charge in [-0.15, -0.1) is 0 Å². The number of benzene rings is 1. The molecule has 0 amide bonds. The zero-order valence-electron chi connectivity index (χ0n) is 12.1. The highest BCUT2D eigenvalue weighted by Gasteiger charge is 2.47. The molecule has 0 saturated carbocycles. The minimum atomic E-state index is -1.04. The highest BCUT2D eigenvalue weighted by atomic mass is 16.3. The molecule has 0 heterocycles. The topological polar surface area (TPSA) is 40.5 Å². The van der Waals surface area contributed by atoms with Gasteiger partial charge in [0, 0.05) is 5.92 Å². The Kier molecular flexibility index (Phi) is 4.57. The van der Waals surface area contributed by atoms with Gasteiger partial charge in [-0.25, -0.2) is 0 Å². The summed E-state index contributed by atoms with van der Waals surface area (Å²) < 4.78 is 0. The second-order valence-corrected chi connectivity index (χ2v) is 6.15. The highest BCUT2D eigenvalue weighted by Crippen LogP contribution is 2.46. The monoisotopic (exact) mass is 250 g/mol. The van der Waals surface area contributed by atoms with Gasteiger partial charge in [-0.3, -0.25) is 0 Å². The van der Waals surface area contributed by atoms with Crippen molar-refractivity contribution in [1.82, 2.24) is 0 Å². The van der Waals surface area contributed by atoms with Crippen molar-refractivity contribution in [3.8, 4) is 0 Å². The van der Waals surface area contributed by atoms with Gasteiger partial charge in [0.1, 0.15) is 0 Å². The van der Waals surface area contributed by atoms with Crippen LogP contribution in [0.4, 0.5) is 0 Å². The third-order valence-corrected chi connectivity index (χ3v) is 4.01. The number of rotatable bonds is 4. The van der Waals surface area contributed by atoms with Crippen LogP contribution in [0.3, 0.4) is 0 Å². The molecule has 0 aromatic heterocycles. The molecule has 0 fully saturated rings. The molecule has 18 heavy (non-hydrogen) atoms. The summed E-state index contributed by atoms with van der Waals surface area (Å²) in [5.41, 5.74) is -0.509. The maximum atomic E-state index is 11.2. The second-order valence-electron chi connectivity index (χ2n) is 6.15. The molecule has 1 rings (SSSR count). The highest BCUT2D eigenvalue weighted by molar-refractivity contribution is 5.26. The average Bonchev–Trinajstić information content (AvgIpc) is 2.35. The zero-order chi connectivity index (χ0) is 14.0. The Hall–Kier alpha value is -0.860. The molecule has 1 aromatic rings. The molecule has 2 heteroatoms. The third-order valence-electron chi connectivity index (χ3n) is 4.01. The molecule has 0 saturated heterocycles. The van der Waals surface area contributed by atoms with Gasteiger partial charge < -0.3 is 10.2 Å². The van der Waals surface area contributed by atoms with Crippen molar-refractivity contribution in [3.05, 3.63) is 35.9 Å². The van der Waals surface area contributed by atoms with Crippen LogP contribution in [0.2, 0.25) is 0 Å². The van der Waals surface area contributed by atoms with Gasteiger partial charge in [0.2, 0.25) is 0 Å². The van der Waals surface area contributed by atoms with E-state index in [9.17, 15) is 10.2 Å². The Morgan fingerprint density at radius 1 is 1.11 bits per heavy atom. The summed E-state index contributed by atoms with van der Waals surface area (Å²) in [6.07, 6.45) is 0.140. The van der Waals surface area contributed by atoms with Crippen molar-refractivity contribution in [2.45, 2.75) is 52.7 Å². The van der Waals surface area contributed by atoms with Crippen molar-refractivity contribution in [1.29, 1.82) is 0 Å². The molecular weight excluding hydrogens is 224 g/mol. The van der Waals surface area contributed by atoms with Gasteiger partial charge in [-0.2, -0.15) is 0 Å². The van der Waals surface area contributed by atoms with Gasteiger partial charge in [0.25, 0.3) is 0 Å². The van der Waals surface area contributed by atoms with E-state index in [1.165, 1.54) is 0 Å². The van der Waals surface area contributed by atoms with E-state index in [4.69, 9.17) is 0 Å². The minimum Gasteiger partial charge on any atom is -0.393 e. The second kappa shape index (κ2) is 5.41. The quantitative estimate of drug-likeness (QED) is 0.860. The Morgan fingerprint density at radius 2 is 1.61 bits per heavy atom. The Balaban J connectivity index is 3.29. The standard InChI is InChI=1S/C16H26O2/c1-6-14(17)12(2)16(18,15(3,4)5)13-10-8-7-9-11-13/h7-12,14,17-18H,6H2,1-5H3/t12-,14+,16+/m0/s1. The maximum Gasteiger partial charge on any atom is 0.0994 e. The van der Waals surface area contributed by atoms with Crippen molar-refractivity contribution in [2.75, 3.05) is 0 Å². The summed E-state index contributed by atoms with van der Waals surface area (Å²) in [5, 5.41) is 21.4. The van der Waals surface area contributed by atoms with Crippen LogP contribution in [0, 0.1) is 11.3 Å². The summed E-state index contributed by atoms with van der Waals surface area (Å²) in [5.74, 6) is -0.218. The van der Waals surface area contributed by atoms with Gasteiger partial charge >= 0.3 is 0 Å². The van der Waals surface area contributed by atoms with Crippen LogP contribution in [0.1, 0.15) is 46.6 Å². The molecular formula is C16H26O2. The first-order chi connectivity index (χ1) is 8.25. The molecule has 0 spiro atoms. The lowest BCUT2D eigenvalue weighted by atomic mass is 9.64. The molecule has 102 valence electrons. The van der Waals surface area contributed by atoms with Crippen LogP contribution < -0.4 is 0 Å². The fraction of sp³-hybridized carbons (Fsp3) is 0.625. The van der Waals surface area contributed by atoms with Gasteiger partial charge in [0.05, 0.1) is 11.7 Å². The lowest BCUT2D eigenvalue weighted by Crippen LogP contribution is -2.49. The number of hydrogen-bond donors (Lipinski definition) is 2. The Labute approximate surface area is 111 Å². The number of aliphatic hydroxyl groups excluding tert-OH is 1. The lowest BCUT2D eigenvalue weighted by molar-refractivity contribution is -0.139. The zero-order valence-corrected chi connectivity index (χ0v) is 12.1. The van der Waals surface area contributed by atoms with Crippen molar-refractivity contribution >= 4 is 0 Å². The Morgan fingerprint density at radius 3 is 2.00 bits per heavy atom. The minimum absolute atomic E-state index is 0.218. The fourth-order valence-electron chi connectivity index (χ4n) is 2.70. The van der Waals surface area contributed by atoms with Gasteiger partial charge in [-0.1, -0.05) is 65.0 Å². The van der Waals surface area contributed by atoms with E-state index >= 15 is 0 Å². The summed E-state index contributed by atoms with van der Waals surface area (Å²) in [7, 11) is 0. The molecule has 0 unspecified atom stereocenters. The average molecular weight is 250 g/mol. The smallest absolute Gasteiger partial charge is 0.0994 e. The lowest BCUT2D eigenvalue weighted by Gasteiger charge is -2.46. The van der Waals surface area contributed by atoms with E-state index in [0.717, 1.165) is 5.56 Å². The normalized spacial score (nSPS) is 19.1. The van der Waals surface area contributed by atoms with Gasteiger partial charge in [0.15, 0.2) is 0 Å². The van der Waals surface area contributed by atoms with Crippen molar-refractivity contribution in [3.63, 3.8) is 0 Å². The predicted octanol–water partition coefficient (Wildman–Crippen LogP) is 3.33. The summed E-state index contributed by atoms with van der Waals surface area (Å²) in [6.45, 7) is 9.90. The van der Waals surface area contributed by atoms with E-state index in [0.29, 0.717) is 6.42 Å². The first-order valence-electron chi connectivity index (χ1n) is 6.71. The van der Waals surface area contributed by atoms with Crippen LogP contribution in [-0.4, -0.2) is 16.3 Å². The molecule has 0 radical (unpaired) electrons. The van der Waals surface area contributed by atoms with E-state index in [1.807, 2.05) is 65.0 Å². The van der Waals surface area contributed by atoms with E-state index < -0.39 is 11.7 Å². The van der Waals surface area contributed by atoms with E-state index in [1.54, 1.807) is 0 Å². The van der Waals surface area contributed by atoms with Crippen molar-refractivity contribution < 1.29 is 10.2 Å². The van der Waals surface area contributed by atoms with Gasteiger partial charge in [-0.05, 0) is 17.4 Å². The molecule has 0 bridgehead atoms. The van der Waals surface area contributed by atoms with Crippen LogP contribution in [0.5, 0.6) is 0 Å². The SMILES string of the molecule is CC[C@@H](O)[C@H](C)[C@@](O)(c1ccccc1)C(C)(C)C. The van der Waals surface area contributed by atoms with Crippen LogP contribution in [0.15, 0.2) is 30.3 Å². The largest absolute Gasteiger partial charge is 0.393 e. The van der Waals surface area contributed by atoms with Crippen LogP contribution in [-0.2, 0) is 5.60 Å². The molecule has 2 nitrogen and oxygen atoms in total. The van der Waals surface area contributed by atoms with Crippen LogP contribution >= 0.6 is 0 Å². The Bertz CT molecular complexity index is 366. The molecule has 0 aliphatic heterocycles. The summed E-state index contributed by atoms with van der Waals surface area (Å²) in [4.78, 5) is 0. The van der Waals surface area contributed by atoms with E-state index in [2.05, 4.69) is 0 Å². The maximum absolute atomic E-state index is 11.2. The summed E-state index contributed by atoms with van der Waals surface area (Å²) >= 11 is 0. The first kappa shape index (κ1) is 15.2. The summed E-state index contributed by atoms with van der Waals surface area (Å²) in [6, 6.07) is 9.66. The molecule has 0 aliphatic rings. The first-order valence-corrected chi connectivity index (χ1v) is 6.71. The van der Waals surface area contributed by atoms with E-state index in [-0.39, 0.29) is 11.3 Å². The molecule has 0 aliphatic carbocycles. The third kappa shape index (κ3) is 2.60. The predicted molar refractivity (Wildman–Crippen MR) is 75.3 cm³/mol. The van der Waals surface area contributed by atoms with Crippen molar-refractivity contribution in [2.24, 2.45) is 11.3 Å². The van der Waals surface area contributed by atoms with Crippen LogP contribution in [0.25, 0.3) is 0 Å². The number of hydrogen-bond acceptors (Lipinski definition) is 2. The molecule has 3 atom stereocenters. The molecule has 1 aromatic carbocycles. The molecule has 2 N–H and O–H groups in total. The fourth-order valence-corrected chi connectivity index (χ4v) is 2.70.